The number of benzene rings is 10. The van der Waals surface area contributed by atoms with Crippen LogP contribution in [0.25, 0.3) is 99.0 Å². The van der Waals surface area contributed by atoms with Crippen LogP contribution in [0.4, 0.5) is 17.1 Å². The van der Waals surface area contributed by atoms with E-state index >= 15 is 0 Å². The second-order valence-electron chi connectivity index (χ2n) is 16.5. The van der Waals surface area contributed by atoms with E-state index in [0.717, 1.165) is 22.7 Å². The number of anilines is 3. The number of fused-ring (bicyclic) bond motifs is 9. The van der Waals surface area contributed by atoms with Crippen LogP contribution in [-0.4, -0.2) is 8.97 Å². The molecule has 0 N–H and O–H groups in total. The summed E-state index contributed by atoms with van der Waals surface area (Å²) in [7, 11) is 0. The van der Waals surface area contributed by atoms with Crippen LogP contribution in [0.2, 0.25) is 0 Å². The molecule has 13 aromatic rings. The molecule has 10 aromatic carbocycles. The zero-order valence-corrected chi connectivity index (χ0v) is 34.4. The van der Waals surface area contributed by atoms with Crippen molar-refractivity contribution in [2.45, 2.75) is 0 Å². The topological polar surface area (TPSA) is 12.6 Å². The summed E-state index contributed by atoms with van der Waals surface area (Å²) in [5.41, 5.74) is 17.9. The third-order valence-electron chi connectivity index (χ3n) is 13.1. The van der Waals surface area contributed by atoms with Crippen LogP contribution in [0.15, 0.2) is 237 Å². The molecule has 0 bridgehead atoms. The molecule has 0 aliphatic carbocycles. The first-order valence-electron chi connectivity index (χ1n) is 21.7. The normalized spacial score (nSPS) is 11.8. The van der Waals surface area contributed by atoms with Crippen molar-refractivity contribution in [2.24, 2.45) is 0 Å². The maximum Gasteiger partial charge on any atom is 0.0626 e. The summed E-state index contributed by atoms with van der Waals surface area (Å²) in [4.78, 5) is 2.37. The summed E-state index contributed by atoms with van der Waals surface area (Å²) in [5.74, 6) is 0. The molecule has 0 aliphatic rings. The molecule has 3 nitrogen and oxygen atoms in total. The van der Waals surface area contributed by atoms with Gasteiger partial charge in [-0.15, -0.1) is 0 Å². The second kappa shape index (κ2) is 14.1. The smallest absolute Gasteiger partial charge is 0.0626 e. The molecule has 13 rings (SSSR count). The van der Waals surface area contributed by atoms with E-state index in [1.165, 1.54) is 93.3 Å². The summed E-state index contributed by atoms with van der Waals surface area (Å²) < 4.78 is 4.87. The predicted molar refractivity (Wildman–Crippen MR) is 266 cm³/mol. The third-order valence-corrected chi connectivity index (χ3v) is 13.1. The van der Waals surface area contributed by atoms with Gasteiger partial charge in [0.2, 0.25) is 0 Å². The fraction of sp³-hybridized carbons (Fsp3) is 0. The molecule has 3 heterocycles. The molecule has 0 saturated carbocycles. The van der Waals surface area contributed by atoms with Crippen molar-refractivity contribution >= 4 is 77.0 Å². The molecule has 0 saturated heterocycles. The van der Waals surface area contributed by atoms with Gasteiger partial charge in [-0.2, -0.15) is 0 Å². The van der Waals surface area contributed by atoms with Gasteiger partial charge in [0.1, 0.15) is 0 Å². The minimum absolute atomic E-state index is 1.09. The fourth-order valence-corrected chi connectivity index (χ4v) is 10.3. The fourth-order valence-electron chi connectivity index (χ4n) is 10.3. The third kappa shape index (κ3) is 5.46. The lowest BCUT2D eigenvalue weighted by Gasteiger charge is -2.26. The molecule has 0 atom stereocenters. The molecule has 0 spiro atoms. The predicted octanol–water partition coefficient (Wildman–Crippen LogP) is 16.4. The lowest BCUT2D eigenvalue weighted by Crippen LogP contribution is -2.09. The molecule has 3 aromatic heterocycles. The van der Waals surface area contributed by atoms with E-state index in [1.807, 2.05) is 0 Å². The highest BCUT2D eigenvalue weighted by Gasteiger charge is 2.22. The van der Waals surface area contributed by atoms with Crippen LogP contribution in [-0.2, 0) is 0 Å². The number of hydrogen-bond donors (Lipinski definition) is 0. The van der Waals surface area contributed by atoms with Crippen molar-refractivity contribution in [3.63, 3.8) is 0 Å². The average molecular weight is 802 g/mol. The van der Waals surface area contributed by atoms with Crippen molar-refractivity contribution in [1.29, 1.82) is 0 Å². The zero-order chi connectivity index (χ0) is 41.4. The van der Waals surface area contributed by atoms with Gasteiger partial charge in [0.25, 0.3) is 0 Å². The summed E-state index contributed by atoms with van der Waals surface area (Å²) in [6, 6.07) is 86.2. The second-order valence-corrected chi connectivity index (χ2v) is 16.5. The SMILES string of the molecule is c1ccc(-c2ccc(N(c3ccc(-c4ccc5c6ccccc6n6c7ccccc7c4c56)cc3)c3ccc(-c4cccc5c6ccccc6n(-c6ccccc6)c45)cc3)cc2)cc1. The zero-order valence-electron chi connectivity index (χ0n) is 34.4. The van der Waals surface area contributed by atoms with Gasteiger partial charge in [-0.05, 0) is 94.5 Å². The first kappa shape index (κ1) is 35.4. The number of nitrogens with zero attached hydrogens (tertiary/aromatic N) is 3. The van der Waals surface area contributed by atoms with Crippen LogP contribution in [0, 0.1) is 0 Å². The molecule has 63 heavy (non-hydrogen) atoms. The van der Waals surface area contributed by atoms with Crippen molar-refractivity contribution in [3.8, 4) is 39.1 Å². The van der Waals surface area contributed by atoms with Gasteiger partial charge in [-0.1, -0.05) is 170 Å². The quantitative estimate of drug-likeness (QED) is 0.156. The Labute approximate surface area is 364 Å². The Balaban J connectivity index is 0.942. The van der Waals surface area contributed by atoms with E-state index in [4.69, 9.17) is 0 Å². The lowest BCUT2D eigenvalue weighted by atomic mass is 9.97. The maximum absolute atomic E-state index is 2.46. The van der Waals surface area contributed by atoms with Gasteiger partial charge in [-0.25, -0.2) is 0 Å². The standard InChI is InChI=1S/C60H39N3/c1-3-14-40(15-4-1)41-26-32-45(33-27-41)61(47-36-30-43(31-37-47)49-21-13-22-52-50-18-7-10-23-55(50)62(59(49)52)44-16-5-2-6-17-44)46-34-28-42(29-35-46)48-38-39-53-51-19-8-11-24-56(51)63-57-25-12-9-20-54(57)58(48)60(53)63/h1-39H. The highest BCUT2D eigenvalue weighted by molar-refractivity contribution is 6.27. The Bertz CT molecular complexity index is 3800. The molecule has 3 heteroatoms. The van der Waals surface area contributed by atoms with E-state index in [2.05, 4.69) is 250 Å². The van der Waals surface area contributed by atoms with E-state index in [0.29, 0.717) is 0 Å². The van der Waals surface area contributed by atoms with Crippen molar-refractivity contribution in [3.05, 3.63) is 237 Å². The van der Waals surface area contributed by atoms with Gasteiger partial charge >= 0.3 is 0 Å². The Hall–Kier alpha value is -8.40. The Morgan fingerprint density at radius 3 is 1.38 bits per heavy atom. The highest BCUT2D eigenvalue weighted by Crippen LogP contribution is 2.45. The minimum Gasteiger partial charge on any atom is -0.311 e. The Kier molecular flexibility index (Phi) is 7.91. The van der Waals surface area contributed by atoms with Gasteiger partial charge in [0.05, 0.1) is 27.6 Å². The minimum atomic E-state index is 1.09. The molecule has 294 valence electrons. The summed E-state index contributed by atoms with van der Waals surface area (Å²) in [6.45, 7) is 0. The van der Waals surface area contributed by atoms with Gasteiger partial charge < -0.3 is 13.9 Å². The molecule has 0 fully saturated rings. The van der Waals surface area contributed by atoms with Crippen molar-refractivity contribution in [1.82, 2.24) is 8.97 Å². The summed E-state index contributed by atoms with van der Waals surface area (Å²) in [6.07, 6.45) is 0. The van der Waals surface area contributed by atoms with E-state index in [9.17, 15) is 0 Å². The van der Waals surface area contributed by atoms with Gasteiger partial charge in [0.15, 0.2) is 0 Å². The van der Waals surface area contributed by atoms with Crippen molar-refractivity contribution < 1.29 is 0 Å². The van der Waals surface area contributed by atoms with E-state index in [1.54, 1.807) is 0 Å². The van der Waals surface area contributed by atoms with E-state index < -0.39 is 0 Å². The van der Waals surface area contributed by atoms with Crippen molar-refractivity contribution in [2.75, 3.05) is 4.90 Å². The number of para-hydroxylation sites is 5. The number of hydrogen-bond acceptors (Lipinski definition) is 1. The van der Waals surface area contributed by atoms with E-state index in [-0.39, 0.29) is 0 Å². The molecule has 0 unspecified atom stereocenters. The number of rotatable bonds is 7. The molecule has 0 amide bonds. The van der Waals surface area contributed by atoms with Crippen LogP contribution < -0.4 is 4.90 Å². The average Bonchev–Trinajstić information content (AvgIpc) is 4.01. The lowest BCUT2D eigenvalue weighted by molar-refractivity contribution is 1.18. The van der Waals surface area contributed by atoms with Gasteiger partial charge in [0, 0.05) is 60.6 Å². The molecule has 0 radical (unpaired) electrons. The maximum atomic E-state index is 2.46. The summed E-state index contributed by atoms with van der Waals surface area (Å²) in [5, 5.41) is 7.67. The van der Waals surface area contributed by atoms with Crippen LogP contribution in [0.5, 0.6) is 0 Å². The van der Waals surface area contributed by atoms with Crippen LogP contribution >= 0.6 is 0 Å². The van der Waals surface area contributed by atoms with Gasteiger partial charge in [-0.3, -0.25) is 0 Å². The highest BCUT2D eigenvalue weighted by atomic mass is 15.1. The first-order valence-corrected chi connectivity index (χ1v) is 21.7. The largest absolute Gasteiger partial charge is 0.311 e. The Morgan fingerprint density at radius 2 is 0.730 bits per heavy atom. The van der Waals surface area contributed by atoms with Crippen LogP contribution in [0.3, 0.4) is 0 Å². The molecular weight excluding hydrogens is 763 g/mol. The number of aromatic nitrogens is 2. The molecule has 0 aliphatic heterocycles. The summed E-state index contributed by atoms with van der Waals surface area (Å²) >= 11 is 0. The Morgan fingerprint density at radius 1 is 0.270 bits per heavy atom. The molecular formula is C60H39N3. The first-order chi connectivity index (χ1) is 31.3. The monoisotopic (exact) mass is 801 g/mol. The van der Waals surface area contributed by atoms with Crippen LogP contribution in [0.1, 0.15) is 0 Å².